The molecular formula is C18H28ClN3O. The smallest absolute Gasteiger partial charge is 0.237 e. The number of amides is 1. The van der Waals surface area contributed by atoms with Gasteiger partial charge in [-0.2, -0.15) is 0 Å². The molecular weight excluding hydrogens is 310 g/mol. The fraction of sp³-hybridized carbons (Fsp3) is 0.611. The van der Waals surface area contributed by atoms with Crippen LogP contribution < -0.4 is 10.6 Å². The molecule has 0 saturated carbocycles. The second-order valence-electron chi connectivity index (χ2n) is 6.63. The highest BCUT2D eigenvalue weighted by molar-refractivity contribution is 5.85. The third-order valence-corrected chi connectivity index (χ3v) is 4.97. The number of aryl methyl sites for hydroxylation is 1. The maximum atomic E-state index is 12.1. The molecule has 2 saturated heterocycles. The summed E-state index contributed by atoms with van der Waals surface area (Å²) < 4.78 is 0. The molecule has 128 valence electrons. The molecule has 2 aliphatic heterocycles. The Bertz CT molecular complexity index is 509. The van der Waals surface area contributed by atoms with Gasteiger partial charge in [0.2, 0.25) is 5.91 Å². The van der Waals surface area contributed by atoms with Gasteiger partial charge in [-0.05, 0) is 50.3 Å². The summed E-state index contributed by atoms with van der Waals surface area (Å²) in [7, 11) is 0. The van der Waals surface area contributed by atoms with E-state index in [1.807, 2.05) is 0 Å². The number of hydrogen-bond donors (Lipinski definition) is 2. The third kappa shape index (κ3) is 4.93. The summed E-state index contributed by atoms with van der Waals surface area (Å²) in [4.78, 5) is 14.6. The number of carbonyl (C=O) groups excluding carboxylic acids is 1. The lowest BCUT2D eigenvalue weighted by Crippen LogP contribution is -2.49. The summed E-state index contributed by atoms with van der Waals surface area (Å²) in [6.07, 6.45) is 4.22. The standard InChI is InChI=1S/C18H27N3O.ClH/c1-14-5-2-3-6-15(14)13-21-11-8-16(9-12-21)20-18(22)17-7-4-10-19-17;/h2-3,5-6,16-17,19H,4,7-13H2,1H3,(H,20,22);1H. The molecule has 1 aromatic rings. The average Bonchev–Trinajstić information content (AvgIpc) is 3.06. The maximum Gasteiger partial charge on any atom is 0.237 e. The number of nitrogens with one attached hydrogen (secondary N) is 2. The summed E-state index contributed by atoms with van der Waals surface area (Å²) in [5.74, 6) is 0.204. The van der Waals surface area contributed by atoms with E-state index in [9.17, 15) is 4.79 Å². The minimum absolute atomic E-state index is 0. The van der Waals surface area contributed by atoms with Crippen LogP contribution in [0.4, 0.5) is 0 Å². The van der Waals surface area contributed by atoms with E-state index in [-0.39, 0.29) is 24.4 Å². The van der Waals surface area contributed by atoms with E-state index in [0.717, 1.165) is 51.9 Å². The van der Waals surface area contributed by atoms with Gasteiger partial charge >= 0.3 is 0 Å². The van der Waals surface area contributed by atoms with Crippen molar-refractivity contribution in [3.63, 3.8) is 0 Å². The molecule has 2 fully saturated rings. The summed E-state index contributed by atoms with van der Waals surface area (Å²) >= 11 is 0. The van der Waals surface area contributed by atoms with Crippen molar-refractivity contribution in [2.45, 2.75) is 51.2 Å². The minimum atomic E-state index is 0. The van der Waals surface area contributed by atoms with Crippen molar-refractivity contribution in [2.75, 3.05) is 19.6 Å². The van der Waals surface area contributed by atoms with Crippen LogP contribution in [0, 0.1) is 6.92 Å². The maximum absolute atomic E-state index is 12.1. The van der Waals surface area contributed by atoms with Crippen LogP contribution in [0.15, 0.2) is 24.3 Å². The lowest BCUT2D eigenvalue weighted by molar-refractivity contribution is -0.123. The molecule has 0 bridgehead atoms. The zero-order valence-electron chi connectivity index (χ0n) is 13.9. The monoisotopic (exact) mass is 337 g/mol. The van der Waals surface area contributed by atoms with Gasteiger partial charge in [0.05, 0.1) is 6.04 Å². The van der Waals surface area contributed by atoms with Crippen LogP contribution >= 0.6 is 12.4 Å². The molecule has 23 heavy (non-hydrogen) atoms. The molecule has 0 aliphatic carbocycles. The van der Waals surface area contributed by atoms with Gasteiger partial charge < -0.3 is 10.6 Å². The van der Waals surface area contributed by atoms with E-state index in [4.69, 9.17) is 0 Å². The minimum Gasteiger partial charge on any atom is -0.352 e. The fourth-order valence-electron chi connectivity index (χ4n) is 3.47. The van der Waals surface area contributed by atoms with Gasteiger partial charge in [0.1, 0.15) is 0 Å². The SMILES string of the molecule is Cc1ccccc1CN1CCC(NC(=O)C2CCCN2)CC1.Cl. The van der Waals surface area contributed by atoms with Gasteiger partial charge in [0, 0.05) is 25.7 Å². The van der Waals surface area contributed by atoms with E-state index >= 15 is 0 Å². The largest absolute Gasteiger partial charge is 0.352 e. The number of rotatable bonds is 4. The van der Waals surface area contributed by atoms with E-state index in [1.54, 1.807) is 0 Å². The number of likely N-dealkylation sites (tertiary alicyclic amines) is 1. The molecule has 1 atom stereocenters. The molecule has 5 heteroatoms. The number of carbonyl (C=O) groups is 1. The molecule has 3 rings (SSSR count). The normalized spacial score (nSPS) is 22.6. The summed E-state index contributed by atoms with van der Waals surface area (Å²) in [6.45, 7) is 6.32. The van der Waals surface area contributed by atoms with Crippen molar-refractivity contribution in [1.29, 1.82) is 0 Å². The van der Waals surface area contributed by atoms with E-state index < -0.39 is 0 Å². The van der Waals surface area contributed by atoms with Gasteiger partial charge in [0.25, 0.3) is 0 Å². The molecule has 4 nitrogen and oxygen atoms in total. The van der Waals surface area contributed by atoms with Crippen molar-refractivity contribution >= 4 is 18.3 Å². The molecule has 0 spiro atoms. The van der Waals surface area contributed by atoms with Crippen LogP contribution in [0.2, 0.25) is 0 Å². The Hall–Kier alpha value is -1.10. The first-order valence-corrected chi connectivity index (χ1v) is 8.53. The van der Waals surface area contributed by atoms with Crippen LogP contribution in [0.25, 0.3) is 0 Å². The van der Waals surface area contributed by atoms with Crippen LogP contribution in [0.1, 0.15) is 36.8 Å². The number of piperidine rings is 1. The fourth-order valence-corrected chi connectivity index (χ4v) is 3.47. The lowest BCUT2D eigenvalue weighted by Gasteiger charge is -2.33. The van der Waals surface area contributed by atoms with Crippen LogP contribution in [-0.4, -0.2) is 42.5 Å². The van der Waals surface area contributed by atoms with Crippen LogP contribution in [-0.2, 0) is 11.3 Å². The van der Waals surface area contributed by atoms with Gasteiger partial charge in [-0.3, -0.25) is 9.69 Å². The molecule has 0 radical (unpaired) electrons. The second kappa shape index (κ2) is 8.67. The first-order valence-electron chi connectivity index (χ1n) is 8.53. The summed E-state index contributed by atoms with van der Waals surface area (Å²) in [6, 6.07) is 9.00. The second-order valence-corrected chi connectivity index (χ2v) is 6.63. The highest BCUT2D eigenvalue weighted by Gasteiger charge is 2.26. The van der Waals surface area contributed by atoms with Gasteiger partial charge in [0.15, 0.2) is 0 Å². The predicted molar refractivity (Wildman–Crippen MR) is 95.9 cm³/mol. The Morgan fingerprint density at radius 1 is 1.26 bits per heavy atom. The number of benzene rings is 1. The summed E-state index contributed by atoms with van der Waals surface area (Å²) in [5.41, 5.74) is 2.78. The first-order chi connectivity index (χ1) is 10.7. The van der Waals surface area contributed by atoms with Gasteiger partial charge in [-0.25, -0.2) is 0 Å². The van der Waals surface area contributed by atoms with Gasteiger partial charge in [-0.1, -0.05) is 24.3 Å². The third-order valence-electron chi connectivity index (χ3n) is 4.97. The van der Waals surface area contributed by atoms with Crippen LogP contribution in [0.5, 0.6) is 0 Å². The quantitative estimate of drug-likeness (QED) is 0.885. The van der Waals surface area contributed by atoms with Crippen molar-refractivity contribution < 1.29 is 4.79 Å². The molecule has 1 aromatic carbocycles. The molecule has 1 unspecified atom stereocenters. The first kappa shape index (κ1) is 18.2. The van der Waals surface area contributed by atoms with E-state index in [1.165, 1.54) is 11.1 Å². The highest BCUT2D eigenvalue weighted by atomic mass is 35.5. The highest BCUT2D eigenvalue weighted by Crippen LogP contribution is 2.16. The molecule has 2 N–H and O–H groups in total. The number of halogens is 1. The Morgan fingerprint density at radius 3 is 2.65 bits per heavy atom. The number of nitrogens with zero attached hydrogens (tertiary/aromatic N) is 1. The van der Waals surface area contributed by atoms with Crippen LogP contribution in [0.3, 0.4) is 0 Å². The molecule has 2 heterocycles. The van der Waals surface area contributed by atoms with E-state index in [2.05, 4.69) is 46.7 Å². The Morgan fingerprint density at radius 2 is 2.00 bits per heavy atom. The Balaban J connectivity index is 0.00000192. The van der Waals surface area contributed by atoms with Crippen molar-refractivity contribution in [3.8, 4) is 0 Å². The van der Waals surface area contributed by atoms with E-state index in [0.29, 0.717) is 6.04 Å². The van der Waals surface area contributed by atoms with Crippen molar-refractivity contribution in [2.24, 2.45) is 0 Å². The van der Waals surface area contributed by atoms with Crippen molar-refractivity contribution in [3.05, 3.63) is 35.4 Å². The predicted octanol–water partition coefficient (Wildman–Crippen LogP) is 2.25. The molecule has 2 aliphatic rings. The summed E-state index contributed by atoms with van der Waals surface area (Å²) in [5, 5.41) is 6.50. The topological polar surface area (TPSA) is 44.4 Å². The number of hydrogen-bond acceptors (Lipinski definition) is 3. The Kier molecular flexibility index (Phi) is 6.88. The molecule has 1 amide bonds. The van der Waals surface area contributed by atoms with Crippen molar-refractivity contribution in [1.82, 2.24) is 15.5 Å². The zero-order chi connectivity index (χ0) is 15.4. The van der Waals surface area contributed by atoms with Gasteiger partial charge in [-0.15, -0.1) is 12.4 Å². The Labute approximate surface area is 145 Å². The zero-order valence-corrected chi connectivity index (χ0v) is 14.7. The lowest BCUT2D eigenvalue weighted by atomic mass is 10.0. The molecule has 0 aromatic heterocycles. The average molecular weight is 338 g/mol.